The van der Waals surface area contributed by atoms with Crippen LogP contribution in [0.3, 0.4) is 0 Å². The topological polar surface area (TPSA) is 106 Å². The fraction of sp³-hybridized carbons (Fsp3) is 0.370. The van der Waals surface area contributed by atoms with Crippen molar-refractivity contribution in [2.45, 2.75) is 40.5 Å². The minimum Gasteiger partial charge on any atom is -0.342 e. The van der Waals surface area contributed by atoms with Crippen molar-refractivity contribution in [1.29, 1.82) is 0 Å². The highest BCUT2D eigenvalue weighted by Crippen LogP contribution is 2.28. The first-order valence-corrected chi connectivity index (χ1v) is 12.1. The molecule has 1 aliphatic rings. The zero-order chi connectivity index (χ0) is 25.4. The van der Waals surface area contributed by atoms with Gasteiger partial charge in [-0.25, -0.2) is 4.98 Å². The van der Waals surface area contributed by atoms with Gasteiger partial charge < -0.3 is 14.7 Å². The molecule has 36 heavy (non-hydrogen) atoms. The van der Waals surface area contributed by atoms with Gasteiger partial charge in [-0.15, -0.1) is 0 Å². The highest BCUT2D eigenvalue weighted by molar-refractivity contribution is 6.04. The predicted molar refractivity (Wildman–Crippen MR) is 135 cm³/mol. The molecule has 4 heterocycles. The number of aryl methyl sites for hydroxylation is 1. The maximum absolute atomic E-state index is 13.0. The molecule has 1 aliphatic heterocycles. The number of carbonyl (C=O) groups is 2. The number of carbonyl (C=O) groups excluding carboxylic acids is 2. The van der Waals surface area contributed by atoms with Crippen LogP contribution < -0.4 is 5.32 Å². The molecular formula is C27H30N6O3. The van der Waals surface area contributed by atoms with Gasteiger partial charge in [0.2, 0.25) is 17.6 Å². The van der Waals surface area contributed by atoms with Crippen molar-refractivity contribution in [3.63, 3.8) is 0 Å². The molecule has 5 rings (SSSR count). The number of aromatic nitrogens is 4. The van der Waals surface area contributed by atoms with E-state index in [4.69, 9.17) is 4.52 Å². The number of imidazole rings is 1. The summed E-state index contributed by atoms with van der Waals surface area (Å²) in [5.41, 5.74) is 3.48. The minimum atomic E-state index is -0.252. The Hall–Kier alpha value is -4.01. The summed E-state index contributed by atoms with van der Waals surface area (Å²) in [6, 6.07) is 11.3. The van der Waals surface area contributed by atoms with Gasteiger partial charge in [-0.3, -0.25) is 14.0 Å². The van der Waals surface area contributed by atoms with Gasteiger partial charge in [0.25, 0.3) is 5.91 Å². The summed E-state index contributed by atoms with van der Waals surface area (Å²) >= 11 is 0. The van der Waals surface area contributed by atoms with Crippen molar-refractivity contribution in [1.82, 2.24) is 24.4 Å². The molecule has 1 fully saturated rings. The second kappa shape index (κ2) is 9.22. The smallest absolute Gasteiger partial charge is 0.274 e. The van der Waals surface area contributed by atoms with E-state index in [1.165, 1.54) is 0 Å². The van der Waals surface area contributed by atoms with Crippen LogP contribution in [0.5, 0.6) is 0 Å². The third-order valence-electron chi connectivity index (χ3n) is 6.32. The summed E-state index contributed by atoms with van der Waals surface area (Å²) in [6.07, 6.45) is 4.56. The van der Waals surface area contributed by atoms with Crippen LogP contribution in [0, 0.1) is 18.3 Å². The fourth-order valence-corrected chi connectivity index (χ4v) is 4.35. The lowest BCUT2D eigenvalue weighted by molar-refractivity contribution is -0.139. The number of nitrogens with zero attached hydrogens (tertiary/aromatic N) is 5. The first-order chi connectivity index (χ1) is 17.2. The monoisotopic (exact) mass is 486 g/mol. The Morgan fingerprint density at radius 2 is 1.97 bits per heavy atom. The molecular weight excluding hydrogens is 456 g/mol. The Morgan fingerprint density at radius 1 is 1.17 bits per heavy atom. The molecule has 1 saturated heterocycles. The maximum atomic E-state index is 13.0. The average molecular weight is 487 g/mol. The van der Waals surface area contributed by atoms with Crippen molar-refractivity contribution < 1.29 is 14.1 Å². The number of rotatable bonds is 6. The van der Waals surface area contributed by atoms with Crippen molar-refractivity contribution in [3.8, 4) is 11.4 Å². The lowest BCUT2D eigenvalue weighted by atomic mass is 9.89. The molecule has 4 aromatic rings. The summed E-state index contributed by atoms with van der Waals surface area (Å²) in [5.74, 6) is 1.28. The molecule has 3 aromatic heterocycles. The second-order valence-electron chi connectivity index (χ2n) is 10.7. The molecule has 9 heteroatoms. The molecule has 0 atom stereocenters. The number of anilines is 1. The summed E-state index contributed by atoms with van der Waals surface area (Å²) < 4.78 is 7.24. The standard InChI is InChI=1S/C27H30N6O3/c1-17-8-9-19(12-20(17)29-26(35)21-14-28-22-7-5-6-10-33(21)22)25-30-23(36-31-25)11-18-15-32(16-18)24(34)13-27(2,3)4/h5-10,12,14,18H,11,13,15-16H2,1-4H3,(H,29,35). The lowest BCUT2D eigenvalue weighted by Gasteiger charge is -2.40. The Balaban J connectivity index is 1.24. The SMILES string of the molecule is Cc1ccc(-c2noc(CC3CN(C(=O)CC(C)(C)C)C3)n2)cc1NC(=O)c1cnc2ccccn12. The van der Waals surface area contributed by atoms with E-state index < -0.39 is 0 Å². The van der Waals surface area contributed by atoms with Gasteiger partial charge in [0.05, 0.1) is 6.20 Å². The van der Waals surface area contributed by atoms with Crippen LogP contribution >= 0.6 is 0 Å². The number of hydrogen-bond acceptors (Lipinski definition) is 6. The molecule has 0 saturated carbocycles. The fourth-order valence-electron chi connectivity index (χ4n) is 4.35. The Morgan fingerprint density at radius 3 is 2.75 bits per heavy atom. The van der Waals surface area contributed by atoms with Gasteiger partial charge in [-0.1, -0.05) is 44.1 Å². The molecule has 2 amide bonds. The summed E-state index contributed by atoms with van der Waals surface area (Å²) in [7, 11) is 0. The Bertz CT molecular complexity index is 1420. The van der Waals surface area contributed by atoms with E-state index in [9.17, 15) is 9.59 Å². The molecule has 1 N–H and O–H groups in total. The van der Waals surface area contributed by atoms with Crippen LogP contribution in [0.2, 0.25) is 0 Å². The van der Waals surface area contributed by atoms with E-state index in [0.29, 0.717) is 47.5 Å². The third-order valence-corrected chi connectivity index (χ3v) is 6.32. The molecule has 1 aromatic carbocycles. The number of amides is 2. The molecule has 9 nitrogen and oxygen atoms in total. The predicted octanol–water partition coefficient (Wildman–Crippen LogP) is 4.38. The number of nitrogens with one attached hydrogen (secondary N) is 1. The van der Waals surface area contributed by atoms with Crippen LogP contribution in [0.4, 0.5) is 5.69 Å². The van der Waals surface area contributed by atoms with E-state index in [0.717, 1.165) is 24.2 Å². The molecule has 0 radical (unpaired) electrons. The van der Waals surface area contributed by atoms with E-state index in [2.05, 4.69) is 41.2 Å². The van der Waals surface area contributed by atoms with Gasteiger partial charge in [0.15, 0.2) is 0 Å². The number of benzene rings is 1. The zero-order valence-corrected chi connectivity index (χ0v) is 21.0. The molecule has 0 unspecified atom stereocenters. The van der Waals surface area contributed by atoms with Gasteiger partial charge in [-0.05, 0) is 36.1 Å². The third kappa shape index (κ3) is 5.00. The van der Waals surface area contributed by atoms with Crippen LogP contribution in [0.1, 0.15) is 49.1 Å². The van der Waals surface area contributed by atoms with Gasteiger partial charge >= 0.3 is 0 Å². The summed E-state index contributed by atoms with van der Waals surface area (Å²) in [4.78, 5) is 36.0. The number of hydrogen-bond donors (Lipinski definition) is 1. The van der Waals surface area contributed by atoms with E-state index in [-0.39, 0.29) is 17.2 Å². The van der Waals surface area contributed by atoms with E-state index >= 15 is 0 Å². The first kappa shape index (κ1) is 23.7. The molecule has 0 spiro atoms. The van der Waals surface area contributed by atoms with Crippen molar-refractivity contribution in [2.24, 2.45) is 11.3 Å². The Kier molecular flexibility index (Phi) is 6.07. The second-order valence-corrected chi connectivity index (χ2v) is 10.7. The number of fused-ring (bicyclic) bond motifs is 1. The van der Waals surface area contributed by atoms with E-state index in [1.54, 1.807) is 10.6 Å². The van der Waals surface area contributed by atoms with E-state index in [1.807, 2.05) is 54.4 Å². The molecule has 186 valence electrons. The van der Waals surface area contributed by atoms with Crippen LogP contribution in [0.15, 0.2) is 53.3 Å². The zero-order valence-electron chi connectivity index (χ0n) is 21.0. The number of likely N-dealkylation sites (tertiary alicyclic amines) is 1. The number of pyridine rings is 1. The quantitative estimate of drug-likeness (QED) is 0.434. The first-order valence-electron chi connectivity index (χ1n) is 12.1. The summed E-state index contributed by atoms with van der Waals surface area (Å²) in [5, 5.41) is 7.13. The normalized spacial score (nSPS) is 14.2. The lowest BCUT2D eigenvalue weighted by Crippen LogP contribution is -2.51. The van der Waals surface area contributed by atoms with Crippen LogP contribution in [-0.2, 0) is 11.2 Å². The van der Waals surface area contributed by atoms with Gasteiger partial charge in [0.1, 0.15) is 11.3 Å². The average Bonchev–Trinajstić information content (AvgIpc) is 3.43. The van der Waals surface area contributed by atoms with Gasteiger partial charge in [-0.2, -0.15) is 4.98 Å². The molecule has 0 bridgehead atoms. The maximum Gasteiger partial charge on any atom is 0.274 e. The van der Waals surface area contributed by atoms with Crippen molar-refractivity contribution in [3.05, 3.63) is 65.9 Å². The van der Waals surface area contributed by atoms with Crippen LogP contribution in [0.25, 0.3) is 17.0 Å². The summed E-state index contributed by atoms with van der Waals surface area (Å²) in [6.45, 7) is 9.59. The van der Waals surface area contributed by atoms with Crippen molar-refractivity contribution >= 4 is 23.1 Å². The largest absolute Gasteiger partial charge is 0.342 e. The molecule has 0 aliphatic carbocycles. The highest BCUT2D eigenvalue weighted by atomic mass is 16.5. The Labute approximate surface area is 209 Å². The van der Waals surface area contributed by atoms with Crippen LogP contribution in [-0.4, -0.2) is 49.3 Å². The minimum absolute atomic E-state index is 0.0113. The highest BCUT2D eigenvalue weighted by Gasteiger charge is 2.33. The van der Waals surface area contributed by atoms with Crippen molar-refractivity contribution in [2.75, 3.05) is 18.4 Å². The van der Waals surface area contributed by atoms with Gasteiger partial charge in [0, 0.05) is 49.3 Å².